The number of hydrogen-bond donors (Lipinski definition) is 0. The summed E-state index contributed by atoms with van der Waals surface area (Å²) < 4.78 is 5.59. The van der Waals surface area contributed by atoms with Gasteiger partial charge in [-0.3, -0.25) is 9.36 Å². The quantitative estimate of drug-likeness (QED) is 0.571. The van der Waals surface area contributed by atoms with Crippen LogP contribution in [-0.2, 0) is 9.53 Å². The highest BCUT2D eigenvalue weighted by molar-refractivity contribution is 6.09. The van der Waals surface area contributed by atoms with Gasteiger partial charge in [-0.05, 0) is 12.1 Å². The second-order valence-electron chi connectivity index (χ2n) is 3.38. The van der Waals surface area contributed by atoms with Gasteiger partial charge in [0.25, 0.3) is 5.56 Å². The van der Waals surface area contributed by atoms with E-state index in [1.807, 2.05) is 0 Å². The number of esters is 1. The van der Waals surface area contributed by atoms with Gasteiger partial charge in [-0.2, -0.15) is 0 Å². The van der Waals surface area contributed by atoms with E-state index >= 15 is 0 Å². The minimum absolute atomic E-state index is 0.0595. The Morgan fingerprint density at radius 1 is 1.41 bits per heavy atom. The third-order valence-electron chi connectivity index (χ3n) is 2.38. The van der Waals surface area contributed by atoms with Crippen molar-refractivity contribution in [1.82, 2.24) is 9.55 Å². The number of aromatic nitrogens is 2. The summed E-state index contributed by atoms with van der Waals surface area (Å²) in [6, 6.07) is 6.89. The van der Waals surface area contributed by atoms with E-state index in [4.69, 9.17) is 0 Å². The molecule has 86 valence electrons. The summed E-state index contributed by atoms with van der Waals surface area (Å²) in [7, 11) is 1.23. The predicted octanol–water partition coefficient (Wildman–Crippen LogP) is 1.04. The average molecular weight is 230 g/mol. The van der Waals surface area contributed by atoms with Crippen LogP contribution in [-0.4, -0.2) is 22.6 Å². The Hall–Kier alpha value is -2.43. The number of methoxy groups -OCH3 is 1. The molecule has 5 heteroatoms. The number of para-hydroxylation sites is 1. The van der Waals surface area contributed by atoms with Crippen molar-refractivity contribution < 1.29 is 9.53 Å². The molecule has 1 aromatic heterocycles. The first kappa shape index (κ1) is 11.1. The van der Waals surface area contributed by atoms with Crippen molar-refractivity contribution in [2.45, 2.75) is 0 Å². The summed E-state index contributed by atoms with van der Waals surface area (Å²) in [4.78, 5) is 27.4. The molecule has 0 fully saturated rings. The van der Waals surface area contributed by atoms with E-state index < -0.39 is 5.97 Å². The van der Waals surface area contributed by atoms with Crippen LogP contribution < -0.4 is 5.56 Å². The van der Waals surface area contributed by atoms with Crippen molar-refractivity contribution in [2.75, 3.05) is 7.11 Å². The highest BCUT2D eigenvalue weighted by Crippen LogP contribution is 2.07. The van der Waals surface area contributed by atoms with Crippen molar-refractivity contribution in [3.63, 3.8) is 0 Å². The van der Waals surface area contributed by atoms with Crippen LogP contribution >= 0.6 is 0 Å². The Morgan fingerprint density at radius 3 is 2.82 bits per heavy atom. The van der Waals surface area contributed by atoms with Gasteiger partial charge in [0, 0.05) is 0 Å². The molecule has 0 aliphatic heterocycles. The van der Waals surface area contributed by atoms with Crippen LogP contribution in [0.25, 0.3) is 16.6 Å². The molecule has 0 aliphatic rings. The van der Waals surface area contributed by atoms with E-state index in [1.54, 1.807) is 24.3 Å². The summed E-state index contributed by atoms with van der Waals surface area (Å²) >= 11 is 0. The van der Waals surface area contributed by atoms with Crippen LogP contribution in [0.4, 0.5) is 0 Å². The monoisotopic (exact) mass is 230 g/mol. The number of carbonyl (C=O) groups excluding carboxylic acids is 1. The fraction of sp³-hybridized carbons (Fsp3) is 0.0833. The number of fused-ring (bicyclic) bond motifs is 1. The molecule has 0 N–H and O–H groups in total. The van der Waals surface area contributed by atoms with Crippen LogP contribution in [0, 0.1) is 0 Å². The molecule has 0 radical (unpaired) electrons. The van der Waals surface area contributed by atoms with Crippen LogP contribution in [0.5, 0.6) is 0 Å². The molecule has 0 unspecified atom stereocenters. The van der Waals surface area contributed by atoms with Gasteiger partial charge in [-0.1, -0.05) is 18.7 Å². The highest BCUT2D eigenvalue weighted by atomic mass is 16.5. The topological polar surface area (TPSA) is 61.2 Å². The Labute approximate surface area is 97.0 Å². The third kappa shape index (κ3) is 1.82. The maximum Gasteiger partial charge on any atom is 0.354 e. The second kappa shape index (κ2) is 4.21. The van der Waals surface area contributed by atoms with E-state index in [-0.39, 0.29) is 11.3 Å². The largest absolute Gasteiger partial charge is 0.464 e. The third-order valence-corrected chi connectivity index (χ3v) is 2.38. The smallest absolute Gasteiger partial charge is 0.354 e. The number of benzene rings is 1. The normalized spacial score (nSPS) is 10.2. The van der Waals surface area contributed by atoms with Crippen LogP contribution in [0.15, 0.2) is 42.0 Å². The van der Waals surface area contributed by atoms with Crippen LogP contribution in [0.1, 0.15) is 0 Å². The Balaban J connectivity index is 2.65. The van der Waals surface area contributed by atoms with Gasteiger partial charge in [-0.25, -0.2) is 9.78 Å². The van der Waals surface area contributed by atoms with Crippen molar-refractivity contribution >= 4 is 22.6 Å². The second-order valence-corrected chi connectivity index (χ2v) is 3.38. The fourth-order valence-corrected chi connectivity index (χ4v) is 1.48. The molecule has 2 rings (SSSR count). The van der Waals surface area contributed by atoms with Crippen LogP contribution in [0.2, 0.25) is 0 Å². The molecule has 5 nitrogen and oxygen atoms in total. The first-order valence-electron chi connectivity index (χ1n) is 4.89. The molecule has 0 bridgehead atoms. The van der Waals surface area contributed by atoms with Gasteiger partial charge in [-0.15, -0.1) is 0 Å². The molecule has 0 saturated carbocycles. The Kier molecular flexibility index (Phi) is 2.74. The molecule has 0 aliphatic carbocycles. The molecule has 0 atom stereocenters. The summed E-state index contributed by atoms with van der Waals surface area (Å²) in [5.74, 6) is -0.663. The standard InChI is InChI=1S/C12H10N2O3/c1-8(12(16)17-2)14-7-13-10-6-4-3-5-9(10)11(14)15/h3-7H,1H2,2H3. The minimum atomic E-state index is -0.663. The Bertz CT molecular complexity index is 658. The summed E-state index contributed by atoms with van der Waals surface area (Å²) in [6.07, 6.45) is 1.27. The molecule has 2 aromatic rings. The average Bonchev–Trinajstić information content (AvgIpc) is 2.38. The first-order chi connectivity index (χ1) is 8.15. The van der Waals surface area contributed by atoms with Crippen LogP contribution in [0.3, 0.4) is 0 Å². The number of hydrogen-bond acceptors (Lipinski definition) is 4. The molecule has 0 amide bonds. The lowest BCUT2D eigenvalue weighted by Crippen LogP contribution is -2.23. The minimum Gasteiger partial charge on any atom is -0.464 e. The van der Waals surface area contributed by atoms with Gasteiger partial charge in [0.1, 0.15) is 12.0 Å². The van der Waals surface area contributed by atoms with E-state index in [1.165, 1.54) is 13.4 Å². The molecule has 0 saturated heterocycles. The van der Waals surface area contributed by atoms with Gasteiger partial charge >= 0.3 is 5.97 Å². The predicted molar refractivity (Wildman–Crippen MR) is 63.3 cm³/mol. The van der Waals surface area contributed by atoms with Gasteiger partial charge in [0.2, 0.25) is 0 Å². The van der Waals surface area contributed by atoms with E-state index in [2.05, 4.69) is 16.3 Å². The molecular weight excluding hydrogens is 220 g/mol. The number of rotatable bonds is 2. The Morgan fingerprint density at radius 2 is 2.12 bits per heavy atom. The number of ether oxygens (including phenoxy) is 1. The lowest BCUT2D eigenvalue weighted by molar-refractivity contribution is -0.134. The van der Waals surface area contributed by atoms with Gasteiger partial charge < -0.3 is 4.74 Å². The fourth-order valence-electron chi connectivity index (χ4n) is 1.48. The summed E-state index contributed by atoms with van der Waals surface area (Å²) in [5.41, 5.74) is 0.174. The molecule has 17 heavy (non-hydrogen) atoms. The summed E-state index contributed by atoms with van der Waals surface area (Å²) in [6.45, 7) is 3.51. The van der Waals surface area contributed by atoms with Crippen molar-refractivity contribution in [1.29, 1.82) is 0 Å². The highest BCUT2D eigenvalue weighted by Gasteiger charge is 2.12. The lowest BCUT2D eigenvalue weighted by atomic mass is 10.2. The van der Waals surface area contributed by atoms with Crippen molar-refractivity contribution in [2.24, 2.45) is 0 Å². The van der Waals surface area contributed by atoms with Gasteiger partial charge in [0.05, 0.1) is 18.0 Å². The SMILES string of the molecule is C=C(C(=O)OC)n1cnc2ccccc2c1=O. The lowest BCUT2D eigenvalue weighted by Gasteiger charge is -2.07. The molecular formula is C12H10N2O3. The first-order valence-corrected chi connectivity index (χ1v) is 4.89. The molecule has 1 aromatic carbocycles. The molecule has 0 spiro atoms. The van der Waals surface area contributed by atoms with Crippen molar-refractivity contribution in [3.05, 3.63) is 47.5 Å². The summed E-state index contributed by atoms with van der Waals surface area (Å²) in [5, 5.41) is 0.431. The van der Waals surface area contributed by atoms with E-state index in [0.29, 0.717) is 10.9 Å². The molecule has 1 heterocycles. The van der Waals surface area contributed by atoms with E-state index in [0.717, 1.165) is 4.57 Å². The number of nitrogens with zero attached hydrogens (tertiary/aromatic N) is 2. The zero-order valence-electron chi connectivity index (χ0n) is 9.21. The number of carbonyl (C=O) groups is 1. The van der Waals surface area contributed by atoms with Gasteiger partial charge in [0.15, 0.2) is 0 Å². The maximum atomic E-state index is 12.0. The zero-order valence-corrected chi connectivity index (χ0v) is 9.21. The maximum absolute atomic E-state index is 12.0. The van der Waals surface area contributed by atoms with Crippen molar-refractivity contribution in [3.8, 4) is 0 Å². The van der Waals surface area contributed by atoms with E-state index in [9.17, 15) is 9.59 Å². The zero-order chi connectivity index (χ0) is 12.4.